The van der Waals surface area contributed by atoms with Gasteiger partial charge in [-0.1, -0.05) is 0 Å². The van der Waals surface area contributed by atoms with Gasteiger partial charge in [0.25, 0.3) is 0 Å². The molecule has 0 saturated carbocycles. The molecule has 0 rings (SSSR count). The Kier molecular flexibility index (Phi) is 10.1. The summed E-state index contributed by atoms with van der Waals surface area (Å²) in [4.78, 5) is 22.3. The third-order valence-corrected chi connectivity index (χ3v) is 2.98. The van der Waals surface area contributed by atoms with Gasteiger partial charge in [0.2, 0.25) is 11.8 Å². The zero-order valence-electron chi connectivity index (χ0n) is 11.9. The van der Waals surface area contributed by atoms with Gasteiger partial charge in [-0.3, -0.25) is 9.59 Å². The molecule has 0 bridgehead atoms. The molecule has 0 aromatic rings. The van der Waals surface area contributed by atoms with Crippen molar-refractivity contribution in [1.29, 1.82) is 0 Å². The zero-order chi connectivity index (χ0) is 14.7. The van der Waals surface area contributed by atoms with Crippen molar-refractivity contribution in [2.45, 2.75) is 37.8 Å². The van der Waals surface area contributed by atoms with Crippen molar-refractivity contribution in [1.82, 2.24) is 16.0 Å². The molecular weight excluding hydrogens is 246 g/mol. The second-order valence-corrected chi connectivity index (χ2v) is 4.58. The van der Waals surface area contributed by atoms with E-state index >= 15 is 0 Å². The maximum Gasteiger partial charge on any atom is 0.234 e. The van der Waals surface area contributed by atoms with Gasteiger partial charge >= 0.3 is 0 Å². The Morgan fingerprint density at radius 3 is 2.42 bits per heavy atom. The first-order valence-corrected chi connectivity index (χ1v) is 6.64. The maximum atomic E-state index is 11.6. The lowest BCUT2D eigenvalue weighted by molar-refractivity contribution is -0.122. The number of carbonyl (C=O) groups excluding carboxylic acids is 2. The third-order valence-electron chi connectivity index (χ3n) is 2.98. The molecule has 112 valence electrons. The predicted molar refractivity (Wildman–Crippen MR) is 75.4 cm³/mol. The van der Waals surface area contributed by atoms with Crippen LogP contribution in [0, 0.1) is 0 Å². The van der Waals surface area contributed by atoms with Crippen molar-refractivity contribution in [2.24, 2.45) is 11.5 Å². The monoisotopic (exact) mass is 273 g/mol. The van der Waals surface area contributed by atoms with Crippen LogP contribution >= 0.6 is 0 Å². The molecule has 0 fully saturated rings. The van der Waals surface area contributed by atoms with E-state index < -0.39 is 11.9 Å². The van der Waals surface area contributed by atoms with E-state index in [1.54, 1.807) is 0 Å². The van der Waals surface area contributed by atoms with Gasteiger partial charge < -0.3 is 27.4 Å². The molecule has 7 nitrogen and oxygen atoms in total. The average Bonchev–Trinajstić information content (AvgIpc) is 2.39. The highest BCUT2D eigenvalue weighted by molar-refractivity contribution is 5.81. The Morgan fingerprint density at radius 2 is 1.89 bits per heavy atom. The van der Waals surface area contributed by atoms with Crippen LogP contribution < -0.4 is 27.4 Å². The van der Waals surface area contributed by atoms with E-state index in [4.69, 9.17) is 11.5 Å². The molecule has 0 unspecified atom stereocenters. The van der Waals surface area contributed by atoms with E-state index in [1.807, 2.05) is 14.1 Å². The summed E-state index contributed by atoms with van der Waals surface area (Å²) in [6.07, 6.45) is 2.53. The summed E-state index contributed by atoms with van der Waals surface area (Å²) in [5.74, 6) is -0.682. The number of carbonyl (C=O) groups is 2. The Morgan fingerprint density at radius 1 is 1.21 bits per heavy atom. The summed E-state index contributed by atoms with van der Waals surface area (Å²) in [6.45, 7) is 1.53. The lowest BCUT2D eigenvalue weighted by Crippen LogP contribution is -2.41. The smallest absolute Gasteiger partial charge is 0.234 e. The third kappa shape index (κ3) is 9.40. The van der Waals surface area contributed by atoms with E-state index in [9.17, 15) is 9.59 Å². The normalized spacial score (nSPS) is 13.8. The zero-order valence-corrected chi connectivity index (χ0v) is 11.9. The van der Waals surface area contributed by atoms with Crippen LogP contribution in [0.3, 0.4) is 0 Å². The molecule has 0 spiro atoms. The lowest BCUT2D eigenvalue weighted by Gasteiger charge is -2.17. The highest BCUT2D eigenvalue weighted by Crippen LogP contribution is 1.97. The largest absolute Gasteiger partial charge is 0.368 e. The summed E-state index contributed by atoms with van der Waals surface area (Å²) in [6, 6.07) is -0.497. The summed E-state index contributed by atoms with van der Waals surface area (Å²) in [5, 5.41) is 9.07. The fourth-order valence-electron chi connectivity index (χ4n) is 1.63. The van der Waals surface area contributed by atoms with Gasteiger partial charge in [-0.05, 0) is 39.9 Å². The quantitative estimate of drug-likeness (QED) is 0.287. The predicted octanol–water partition coefficient (Wildman–Crippen LogP) is -1.72. The van der Waals surface area contributed by atoms with E-state index in [0.29, 0.717) is 6.54 Å². The first-order valence-electron chi connectivity index (χ1n) is 6.64. The van der Waals surface area contributed by atoms with Crippen LogP contribution in [0.15, 0.2) is 0 Å². The molecule has 7 heteroatoms. The van der Waals surface area contributed by atoms with Gasteiger partial charge in [-0.2, -0.15) is 0 Å². The highest BCUT2D eigenvalue weighted by atomic mass is 16.2. The number of amides is 2. The van der Waals surface area contributed by atoms with Crippen molar-refractivity contribution >= 4 is 11.8 Å². The lowest BCUT2D eigenvalue weighted by atomic mass is 10.1. The fraction of sp³-hybridized carbons (Fsp3) is 0.833. The van der Waals surface area contributed by atoms with Crippen LogP contribution in [0.1, 0.15) is 25.7 Å². The standard InChI is InChI=1S/C12H27N5O2/c1-15-7-3-4-9(16-2)8-17-11(18)6-5-10(13)12(14)19/h9-10,15-16H,3-8,13H2,1-2H3,(H2,14,19)(H,17,18)/t9-,10-/m0/s1. The first kappa shape index (κ1) is 17.8. The number of likely N-dealkylation sites (N-methyl/N-ethyl adjacent to an activating group) is 1. The first-order chi connectivity index (χ1) is 9.01. The molecular formula is C12H27N5O2. The Hall–Kier alpha value is -1.18. The minimum absolute atomic E-state index is 0.106. The van der Waals surface area contributed by atoms with Gasteiger partial charge in [0.1, 0.15) is 0 Å². The van der Waals surface area contributed by atoms with Gasteiger partial charge in [0, 0.05) is 19.0 Å². The number of primary amides is 1. The molecule has 19 heavy (non-hydrogen) atoms. The second-order valence-electron chi connectivity index (χ2n) is 4.58. The van der Waals surface area contributed by atoms with E-state index in [2.05, 4.69) is 16.0 Å². The van der Waals surface area contributed by atoms with E-state index in [0.717, 1.165) is 19.4 Å². The summed E-state index contributed by atoms with van der Waals surface area (Å²) < 4.78 is 0. The van der Waals surface area contributed by atoms with Crippen molar-refractivity contribution < 1.29 is 9.59 Å². The van der Waals surface area contributed by atoms with Crippen LogP contribution in [0.5, 0.6) is 0 Å². The molecule has 0 aromatic carbocycles. The Bertz CT molecular complexity index is 273. The second kappa shape index (κ2) is 10.7. The number of nitrogens with one attached hydrogen (secondary N) is 3. The molecule has 0 aliphatic heterocycles. The highest BCUT2D eigenvalue weighted by Gasteiger charge is 2.12. The fourth-order valence-corrected chi connectivity index (χ4v) is 1.63. The minimum atomic E-state index is -0.749. The molecule has 7 N–H and O–H groups in total. The maximum absolute atomic E-state index is 11.6. The van der Waals surface area contributed by atoms with Crippen LogP contribution in [-0.4, -0.2) is 51.1 Å². The Labute approximate surface area is 114 Å². The van der Waals surface area contributed by atoms with Crippen LogP contribution in [0.2, 0.25) is 0 Å². The number of rotatable bonds is 11. The van der Waals surface area contributed by atoms with Gasteiger partial charge in [-0.15, -0.1) is 0 Å². The molecule has 0 aromatic heterocycles. The van der Waals surface area contributed by atoms with Crippen LogP contribution in [0.4, 0.5) is 0 Å². The summed E-state index contributed by atoms with van der Waals surface area (Å²) in [7, 11) is 3.79. The molecule has 0 radical (unpaired) electrons. The number of nitrogens with two attached hydrogens (primary N) is 2. The molecule has 2 amide bonds. The SMILES string of the molecule is CNCCC[C@@H](CNC(=O)CC[C@H](N)C(N)=O)NC. The average molecular weight is 273 g/mol. The summed E-state index contributed by atoms with van der Waals surface area (Å²) >= 11 is 0. The van der Waals surface area contributed by atoms with Gasteiger partial charge in [-0.25, -0.2) is 0 Å². The van der Waals surface area contributed by atoms with Crippen molar-refractivity contribution in [3.05, 3.63) is 0 Å². The Balaban J connectivity index is 3.77. The molecule has 0 saturated heterocycles. The molecule has 0 heterocycles. The van der Waals surface area contributed by atoms with Crippen LogP contribution in [-0.2, 0) is 9.59 Å². The number of hydrogen-bond donors (Lipinski definition) is 5. The minimum Gasteiger partial charge on any atom is -0.368 e. The van der Waals surface area contributed by atoms with Gasteiger partial charge in [0.15, 0.2) is 0 Å². The van der Waals surface area contributed by atoms with E-state index in [-0.39, 0.29) is 24.8 Å². The molecule has 0 aliphatic carbocycles. The van der Waals surface area contributed by atoms with Crippen LogP contribution in [0.25, 0.3) is 0 Å². The van der Waals surface area contributed by atoms with Crippen molar-refractivity contribution in [2.75, 3.05) is 27.2 Å². The topological polar surface area (TPSA) is 122 Å². The number of hydrogen-bond acceptors (Lipinski definition) is 5. The summed E-state index contributed by atoms with van der Waals surface area (Å²) in [5.41, 5.74) is 10.5. The van der Waals surface area contributed by atoms with Crippen molar-refractivity contribution in [3.8, 4) is 0 Å². The van der Waals surface area contributed by atoms with Gasteiger partial charge in [0.05, 0.1) is 6.04 Å². The molecule has 2 atom stereocenters. The molecule has 0 aliphatic rings. The van der Waals surface area contributed by atoms with Crippen molar-refractivity contribution in [3.63, 3.8) is 0 Å². The van der Waals surface area contributed by atoms with E-state index in [1.165, 1.54) is 0 Å².